The molecular formula is C17H18F2N2S. The first-order chi connectivity index (χ1) is 10.4. The van der Waals surface area contributed by atoms with Crippen molar-refractivity contribution < 1.29 is 8.78 Å². The molecule has 0 fully saturated rings. The lowest BCUT2D eigenvalue weighted by Gasteiger charge is -2.18. The Hall–Kier alpha value is -2.01. The van der Waals surface area contributed by atoms with Gasteiger partial charge in [0.05, 0.1) is 11.7 Å². The van der Waals surface area contributed by atoms with E-state index in [0.29, 0.717) is 0 Å². The van der Waals surface area contributed by atoms with Gasteiger partial charge in [-0.1, -0.05) is 18.2 Å². The maximum atomic E-state index is 13.6. The third-order valence-corrected chi connectivity index (χ3v) is 3.78. The molecule has 0 radical (unpaired) electrons. The molecule has 0 aromatic heterocycles. The van der Waals surface area contributed by atoms with Crippen molar-refractivity contribution in [3.05, 3.63) is 64.7 Å². The minimum Gasteiger partial charge on any atom is -0.356 e. The molecule has 0 aliphatic heterocycles. The Morgan fingerprint density at radius 2 is 1.77 bits per heavy atom. The number of hydrogen-bond acceptors (Lipinski definition) is 1. The molecule has 0 unspecified atom stereocenters. The van der Waals surface area contributed by atoms with Gasteiger partial charge in [-0.05, 0) is 61.8 Å². The van der Waals surface area contributed by atoms with E-state index in [4.69, 9.17) is 12.2 Å². The highest BCUT2D eigenvalue weighted by Gasteiger charge is 2.10. The molecule has 0 aliphatic carbocycles. The maximum Gasteiger partial charge on any atom is 0.171 e. The van der Waals surface area contributed by atoms with Crippen molar-refractivity contribution in [1.29, 1.82) is 0 Å². The molecule has 2 aromatic carbocycles. The number of aryl methyl sites for hydroxylation is 2. The average Bonchev–Trinajstić information content (AvgIpc) is 2.45. The SMILES string of the molecule is Cc1ccc([C@@H](C)NC(=S)Nc2ccc(F)cc2F)cc1C. The number of hydrogen-bond donors (Lipinski definition) is 2. The number of anilines is 1. The van der Waals surface area contributed by atoms with Gasteiger partial charge in [0.2, 0.25) is 0 Å². The molecule has 0 aliphatic rings. The Kier molecular flexibility index (Phi) is 5.08. The third kappa shape index (κ3) is 4.01. The zero-order valence-corrected chi connectivity index (χ0v) is 13.5. The number of thiocarbonyl (C=S) groups is 1. The van der Waals surface area contributed by atoms with Crippen molar-refractivity contribution in [2.75, 3.05) is 5.32 Å². The highest BCUT2D eigenvalue weighted by Crippen LogP contribution is 2.18. The normalized spacial score (nSPS) is 11.9. The van der Waals surface area contributed by atoms with E-state index >= 15 is 0 Å². The monoisotopic (exact) mass is 320 g/mol. The smallest absolute Gasteiger partial charge is 0.171 e. The zero-order chi connectivity index (χ0) is 16.3. The minimum absolute atomic E-state index is 0.0252. The first-order valence-corrected chi connectivity index (χ1v) is 7.37. The predicted octanol–water partition coefficient (Wildman–Crippen LogP) is 4.63. The molecule has 0 spiro atoms. The summed E-state index contributed by atoms with van der Waals surface area (Å²) >= 11 is 5.18. The van der Waals surface area contributed by atoms with Crippen LogP contribution in [0.3, 0.4) is 0 Å². The fourth-order valence-electron chi connectivity index (χ4n) is 2.06. The lowest BCUT2D eigenvalue weighted by atomic mass is 10.0. The largest absolute Gasteiger partial charge is 0.356 e. The Morgan fingerprint density at radius 3 is 2.41 bits per heavy atom. The molecule has 2 rings (SSSR count). The molecule has 5 heteroatoms. The van der Waals surface area contributed by atoms with Crippen LogP contribution in [0.1, 0.15) is 29.7 Å². The fourth-order valence-corrected chi connectivity index (χ4v) is 2.35. The van der Waals surface area contributed by atoms with Crippen LogP contribution in [0.15, 0.2) is 36.4 Å². The first kappa shape index (κ1) is 16.4. The van der Waals surface area contributed by atoms with Crippen molar-refractivity contribution in [2.45, 2.75) is 26.8 Å². The molecule has 1 atom stereocenters. The first-order valence-electron chi connectivity index (χ1n) is 6.96. The molecule has 2 nitrogen and oxygen atoms in total. The van der Waals surface area contributed by atoms with E-state index in [2.05, 4.69) is 36.6 Å². The van der Waals surface area contributed by atoms with E-state index in [-0.39, 0.29) is 16.8 Å². The Labute approximate surface area is 134 Å². The summed E-state index contributed by atoms with van der Waals surface area (Å²) in [5.41, 5.74) is 3.66. The van der Waals surface area contributed by atoms with Gasteiger partial charge in [0.25, 0.3) is 0 Å². The van der Waals surface area contributed by atoms with Crippen molar-refractivity contribution in [2.24, 2.45) is 0 Å². The number of nitrogens with one attached hydrogen (secondary N) is 2. The van der Waals surface area contributed by atoms with Gasteiger partial charge in [0.1, 0.15) is 11.6 Å². The van der Waals surface area contributed by atoms with Gasteiger partial charge >= 0.3 is 0 Å². The summed E-state index contributed by atoms with van der Waals surface area (Å²) in [5, 5.41) is 6.12. The Morgan fingerprint density at radius 1 is 1.05 bits per heavy atom. The van der Waals surface area contributed by atoms with Crippen molar-refractivity contribution in [3.8, 4) is 0 Å². The van der Waals surface area contributed by atoms with Gasteiger partial charge in [0, 0.05) is 6.07 Å². The third-order valence-electron chi connectivity index (χ3n) is 3.56. The second-order valence-corrected chi connectivity index (χ2v) is 5.70. The summed E-state index contributed by atoms with van der Waals surface area (Å²) in [6, 6.07) is 9.47. The summed E-state index contributed by atoms with van der Waals surface area (Å²) in [6.07, 6.45) is 0. The molecule has 0 heterocycles. The molecule has 0 bridgehead atoms. The van der Waals surface area contributed by atoms with Crippen LogP contribution < -0.4 is 10.6 Å². The van der Waals surface area contributed by atoms with E-state index < -0.39 is 11.6 Å². The molecule has 0 saturated heterocycles. The topological polar surface area (TPSA) is 24.1 Å². The maximum absolute atomic E-state index is 13.6. The molecule has 116 valence electrons. The van der Waals surface area contributed by atoms with Gasteiger partial charge < -0.3 is 10.6 Å². The average molecular weight is 320 g/mol. The summed E-state index contributed by atoms with van der Waals surface area (Å²) in [4.78, 5) is 0. The molecule has 2 N–H and O–H groups in total. The van der Waals surface area contributed by atoms with Gasteiger partial charge in [-0.25, -0.2) is 8.78 Å². The predicted molar refractivity (Wildman–Crippen MR) is 90.0 cm³/mol. The summed E-state index contributed by atoms with van der Waals surface area (Å²) in [6.45, 7) is 6.08. The van der Waals surface area contributed by atoms with E-state index in [0.717, 1.165) is 11.6 Å². The van der Waals surface area contributed by atoms with Gasteiger partial charge in [0.15, 0.2) is 5.11 Å². The van der Waals surface area contributed by atoms with Gasteiger partial charge in [-0.15, -0.1) is 0 Å². The van der Waals surface area contributed by atoms with Crippen LogP contribution in [0.5, 0.6) is 0 Å². The lowest BCUT2D eigenvalue weighted by molar-refractivity contribution is 0.586. The van der Waals surface area contributed by atoms with E-state index in [1.807, 2.05) is 13.0 Å². The fraction of sp³-hybridized carbons (Fsp3) is 0.235. The van der Waals surface area contributed by atoms with E-state index in [1.165, 1.54) is 23.3 Å². The van der Waals surface area contributed by atoms with Crippen LogP contribution in [0, 0.1) is 25.5 Å². The van der Waals surface area contributed by atoms with E-state index in [1.54, 1.807) is 0 Å². The van der Waals surface area contributed by atoms with Crippen molar-refractivity contribution >= 4 is 23.0 Å². The summed E-state index contributed by atoms with van der Waals surface area (Å²) < 4.78 is 26.4. The molecule has 22 heavy (non-hydrogen) atoms. The van der Waals surface area contributed by atoms with E-state index in [9.17, 15) is 8.78 Å². The molecular weight excluding hydrogens is 302 g/mol. The van der Waals surface area contributed by atoms with Crippen molar-refractivity contribution in [3.63, 3.8) is 0 Å². The number of halogens is 2. The minimum atomic E-state index is -0.678. The van der Waals surface area contributed by atoms with Crippen LogP contribution in [0.25, 0.3) is 0 Å². The van der Waals surface area contributed by atoms with Gasteiger partial charge in [-0.3, -0.25) is 0 Å². The lowest BCUT2D eigenvalue weighted by Crippen LogP contribution is -2.31. The highest BCUT2D eigenvalue weighted by molar-refractivity contribution is 7.80. The van der Waals surface area contributed by atoms with Crippen molar-refractivity contribution in [1.82, 2.24) is 5.32 Å². The quantitative estimate of drug-likeness (QED) is 0.806. The van der Waals surface area contributed by atoms with Crippen LogP contribution in [0.4, 0.5) is 14.5 Å². The van der Waals surface area contributed by atoms with Crippen LogP contribution in [0.2, 0.25) is 0 Å². The Bertz CT molecular complexity index is 701. The van der Waals surface area contributed by atoms with Crippen LogP contribution in [-0.2, 0) is 0 Å². The second kappa shape index (κ2) is 6.83. The summed E-state index contributed by atoms with van der Waals surface area (Å²) in [7, 11) is 0. The highest BCUT2D eigenvalue weighted by atomic mass is 32.1. The van der Waals surface area contributed by atoms with Crippen LogP contribution in [-0.4, -0.2) is 5.11 Å². The van der Waals surface area contributed by atoms with Gasteiger partial charge in [-0.2, -0.15) is 0 Å². The molecule has 0 saturated carbocycles. The number of benzene rings is 2. The molecule has 2 aromatic rings. The van der Waals surface area contributed by atoms with Crippen LogP contribution >= 0.6 is 12.2 Å². The standard InChI is InChI=1S/C17H18F2N2S/c1-10-4-5-13(8-11(10)2)12(3)20-17(22)21-16-7-6-14(18)9-15(16)19/h4-9,12H,1-3H3,(H2,20,21,22)/t12-/m1/s1. The number of rotatable bonds is 3. The summed E-state index contributed by atoms with van der Waals surface area (Å²) in [5.74, 6) is -1.30. The molecule has 0 amide bonds. The second-order valence-electron chi connectivity index (χ2n) is 5.29. The zero-order valence-electron chi connectivity index (χ0n) is 12.7. The Balaban J connectivity index is 2.03.